The first-order valence-corrected chi connectivity index (χ1v) is 11.8. The number of aromatic nitrogens is 2. The molecule has 0 atom stereocenters. The highest BCUT2D eigenvalue weighted by Gasteiger charge is 2.25. The maximum absolute atomic E-state index is 12.0. The average Bonchev–Trinajstić information content (AvgIpc) is 3.22. The Morgan fingerprint density at radius 2 is 1.97 bits per heavy atom. The number of benzene rings is 2. The van der Waals surface area contributed by atoms with Crippen LogP contribution in [0.3, 0.4) is 0 Å². The predicted molar refractivity (Wildman–Crippen MR) is 121 cm³/mol. The number of anilines is 1. The second-order valence-electron chi connectivity index (χ2n) is 7.37. The van der Waals surface area contributed by atoms with Crippen molar-refractivity contribution in [3.63, 3.8) is 0 Å². The highest BCUT2D eigenvalue weighted by Crippen LogP contribution is 2.44. The van der Waals surface area contributed by atoms with E-state index in [0.717, 1.165) is 16.8 Å². The zero-order valence-electron chi connectivity index (χ0n) is 17.6. The van der Waals surface area contributed by atoms with Crippen LogP contribution < -0.4 is 14.8 Å². The van der Waals surface area contributed by atoms with Gasteiger partial charge in [-0.15, -0.1) is 0 Å². The summed E-state index contributed by atoms with van der Waals surface area (Å²) in [6.07, 6.45) is 2.76. The maximum Gasteiger partial charge on any atom is 0.295 e. The minimum absolute atomic E-state index is 0.0351. The van der Waals surface area contributed by atoms with Gasteiger partial charge in [0.25, 0.3) is 10.1 Å². The molecule has 0 unspecified atom stereocenters. The van der Waals surface area contributed by atoms with Gasteiger partial charge in [0.1, 0.15) is 22.1 Å². The number of hydrogen-bond donors (Lipinski definition) is 2. The van der Waals surface area contributed by atoms with Gasteiger partial charge in [-0.25, -0.2) is 9.97 Å². The zero-order valence-corrected chi connectivity index (χ0v) is 19.1. The van der Waals surface area contributed by atoms with Crippen LogP contribution >= 0.6 is 11.6 Å². The topological polar surface area (TPSA) is 111 Å². The van der Waals surface area contributed by atoms with Crippen LogP contribution in [0.15, 0.2) is 41.6 Å². The van der Waals surface area contributed by atoms with Crippen LogP contribution in [0.2, 0.25) is 5.02 Å². The summed E-state index contributed by atoms with van der Waals surface area (Å²) < 4.78 is 44.9. The summed E-state index contributed by atoms with van der Waals surface area (Å²) in [5.74, 6) is 1.53. The molecular weight excluding hydrogens is 454 g/mol. The molecule has 0 radical (unpaired) electrons. The van der Waals surface area contributed by atoms with E-state index in [9.17, 15) is 13.0 Å². The lowest BCUT2D eigenvalue weighted by atomic mass is 9.98. The molecule has 4 rings (SSSR count). The third-order valence-electron chi connectivity index (χ3n) is 5.14. The molecular formula is C22H22ClN3O5S. The van der Waals surface area contributed by atoms with Crippen molar-refractivity contribution in [2.24, 2.45) is 0 Å². The largest absolute Gasteiger partial charge is 0.454 e. The average molecular weight is 476 g/mol. The molecule has 0 saturated heterocycles. The minimum atomic E-state index is -4.43. The molecule has 2 aromatic carbocycles. The van der Waals surface area contributed by atoms with E-state index in [1.165, 1.54) is 12.4 Å². The first kappa shape index (κ1) is 22.3. The number of nitrogens with one attached hydrogen (secondary N) is 1. The normalized spacial score (nSPS) is 12.8. The molecule has 1 aliphatic heterocycles. The Bertz CT molecular complexity index is 1280. The predicted octanol–water partition coefficient (Wildman–Crippen LogP) is 4.30. The molecule has 8 nitrogen and oxygen atoms in total. The van der Waals surface area contributed by atoms with Gasteiger partial charge in [-0.2, -0.15) is 8.42 Å². The molecule has 0 saturated carbocycles. The Kier molecular flexibility index (Phi) is 6.23. The van der Waals surface area contributed by atoms with E-state index in [1.807, 2.05) is 26.0 Å². The standard InChI is InChI=1S/C22H22ClN3O5S/c1-3-17-20(23)22(26-11-25-17)24-7-6-14-9-16(21-18(10-14)30-12-31-21)15-8-13(2)4-5-19(15)32(27,28)29/h4-5,8-11H,3,6-7,12H2,1-2H3,(H,24,25,26)(H,27,28,29). The molecule has 32 heavy (non-hydrogen) atoms. The van der Waals surface area contributed by atoms with Crippen molar-refractivity contribution in [1.82, 2.24) is 9.97 Å². The quantitative estimate of drug-likeness (QED) is 0.486. The molecule has 0 amide bonds. The van der Waals surface area contributed by atoms with Gasteiger partial charge in [-0.1, -0.05) is 30.2 Å². The number of rotatable bonds is 7. The summed E-state index contributed by atoms with van der Waals surface area (Å²) in [6.45, 7) is 4.38. The molecule has 0 aliphatic carbocycles. The number of ether oxygens (including phenoxy) is 2. The van der Waals surface area contributed by atoms with Gasteiger partial charge < -0.3 is 14.8 Å². The van der Waals surface area contributed by atoms with Crippen LogP contribution in [0.4, 0.5) is 5.82 Å². The van der Waals surface area contributed by atoms with Gasteiger partial charge >= 0.3 is 0 Å². The third-order valence-corrected chi connectivity index (χ3v) is 6.45. The minimum Gasteiger partial charge on any atom is -0.454 e. The molecule has 2 N–H and O–H groups in total. The first-order chi connectivity index (χ1) is 15.3. The number of hydrogen-bond acceptors (Lipinski definition) is 7. The lowest BCUT2D eigenvalue weighted by Gasteiger charge is -2.14. The van der Waals surface area contributed by atoms with Crippen LogP contribution in [0.1, 0.15) is 23.7 Å². The van der Waals surface area contributed by atoms with Gasteiger partial charge in [0.05, 0.1) is 5.69 Å². The smallest absolute Gasteiger partial charge is 0.295 e. The van der Waals surface area contributed by atoms with Crippen molar-refractivity contribution in [2.75, 3.05) is 18.7 Å². The van der Waals surface area contributed by atoms with Gasteiger partial charge in [0.15, 0.2) is 11.5 Å². The molecule has 3 aromatic rings. The monoisotopic (exact) mass is 475 g/mol. The van der Waals surface area contributed by atoms with Gasteiger partial charge in [-0.3, -0.25) is 4.55 Å². The molecule has 0 fully saturated rings. The summed E-state index contributed by atoms with van der Waals surface area (Å²) in [7, 11) is -4.43. The molecule has 1 aliphatic rings. The zero-order chi connectivity index (χ0) is 22.9. The maximum atomic E-state index is 12.0. The van der Waals surface area contributed by atoms with Crippen LogP contribution in [0, 0.1) is 6.92 Å². The van der Waals surface area contributed by atoms with Crippen molar-refractivity contribution in [3.05, 3.63) is 58.5 Å². The summed E-state index contributed by atoms with van der Waals surface area (Å²) in [4.78, 5) is 8.17. The van der Waals surface area contributed by atoms with Crippen LogP contribution in [0.5, 0.6) is 11.5 Å². The summed E-state index contributed by atoms with van der Waals surface area (Å²) >= 11 is 6.34. The fraction of sp³-hybridized carbons (Fsp3) is 0.273. The second kappa shape index (κ2) is 8.93. The Morgan fingerprint density at radius 1 is 1.16 bits per heavy atom. The van der Waals surface area contributed by atoms with Crippen LogP contribution in [-0.4, -0.2) is 36.3 Å². The van der Waals surface area contributed by atoms with Gasteiger partial charge in [-0.05, 0) is 49.6 Å². The number of halogens is 1. The van der Waals surface area contributed by atoms with E-state index in [-0.39, 0.29) is 11.7 Å². The first-order valence-electron chi connectivity index (χ1n) is 10.0. The highest BCUT2D eigenvalue weighted by atomic mass is 35.5. The molecule has 168 valence electrons. The SMILES string of the molecule is CCc1ncnc(NCCc2cc3c(c(-c4cc(C)ccc4S(=O)(=O)O)c2)OCO3)c1Cl. The van der Waals surface area contributed by atoms with E-state index < -0.39 is 10.1 Å². The van der Waals surface area contributed by atoms with E-state index >= 15 is 0 Å². The lowest BCUT2D eigenvalue weighted by Crippen LogP contribution is -2.08. The highest BCUT2D eigenvalue weighted by molar-refractivity contribution is 7.86. The second-order valence-corrected chi connectivity index (χ2v) is 9.13. The Balaban J connectivity index is 1.66. The van der Waals surface area contributed by atoms with Crippen molar-refractivity contribution >= 4 is 27.5 Å². The van der Waals surface area contributed by atoms with Crippen molar-refractivity contribution in [3.8, 4) is 22.6 Å². The fourth-order valence-electron chi connectivity index (χ4n) is 3.59. The third kappa shape index (κ3) is 4.50. The molecule has 0 bridgehead atoms. The molecule has 2 heterocycles. The summed E-state index contributed by atoms with van der Waals surface area (Å²) in [6, 6.07) is 8.43. The Labute approximate surface area is 191 Å². The molecule has 1 aromatic heterocycles. The molecule has 10 heteroatoms. The van der Waals surface area contributed by atoms with Gasteiger partial charge in [0.2, 0.25) is 6.79 Å². The van der Waals surface area contributed by atoms with Crippen molar-refractivity contribution in [1.29, 1.82) is 0 Å². The van der Waals surface area contributed by atoms with Crippen LogP contribution in [-0.2, 0) is 23.0 Å². The molecule has 0 spiro atoms. The van der Waals surface area contributed by atoms with Crippen molar-refractivity contribution in [2.45, 2.75) is 31.6 Å². The van der Waals surface area contributed by atoms with E-state index in [0.29, 0.717) is 52.9 Å². The van der Waals surface area contributed by atoms with E-state index in [2.05, 4.69) is 15.3 Å². The van der Waals surface area contributed by atoms with E-state index in [1.54, 1.807) is 12.1 Å². The summed E-state index contributed by atoms with van der Waals surface area (Å²) in [5.41, 5.74) is 3.40. The van der Waals surface area contributed by atoms with Crippen LogP contribution in [0.25, 0.3) is 11.1 Å². The fourth-order valence-corrected chi connectivity index (χ4v) is 4.58. The van der Waals surface area contributed by atoms with Gasteiger partial charge in [0, 0.05) is 17.7 Å². The lowest BCUT2D eigenvalue weighted by molar-refractivity contribution is 0.174. The Morgan fingerprint density at radius 3 is 2.72 bits per heavy atom. The number of aryl methyl sites for hydroxylation is 2. The van der Waals surface area contributed by atoms with E-state index in [4.69, 9.17) is 21.1 Å². The van der Waals surface area contributed by atoms with Crippen molar-refractivity contribution < 1.29 is 22.4 Å². The Hall–Kier alpha value is -2.88. The number of fused-ring (bicyclic) bond motifs is 1. The summed E-state index contributed by atoms with van der Waals surface area (Å²) in [5, 5.41) is 3.72. The number of nitrogens with zero attached hydrogens (tertiary/aromatic N) is 2.